The summed E-state index contributed by atoms with van der Waals surface area (Å²) in [6.07, 6.45) is 0.0920. The maximum atomic E-state index is 14.2. The van der Waals surface area contributed by atoms with Crippen LogP contribution < -0.4 is 9.64 Å². The van der Waals surface area contributed by atoms with Gasteiger partial charge in [-0.3, -0.25) is 9.79 Å². The molecule has 0 unspecified atom stereocenters. The minimum Gasteiger partial charge on any atom is -0.490 e. The molecule has 158 valence electrons. The maximum absolute atomic E-state index is 14.2. The summed E-state index contributed by atoms with van der Waals surface area (Å²) < 4.78 is 34.2. The van der Waals surface area contributed by atoms with Crippen molar-refractivity contribution in [2.75, 3.05) is 24.6 Å². The number of rotatable bonds is 4. The first-order chi connectivity index (χ1) is 14.3. The highest BCUT2D eigenvalue weighted by molar-refractivity contribution is 6.30. The highest BCUT2D eigenvalue weighted by Crippen LogP contribution is 2.35. The number of aliphatic imine (C=N–C) groups is 1. The Labute approximate surface area is 176 Å². The van der Waals surface area contributed by atoms with Gasteiger partial charge in [0.15, 0.2) is 17.4 Å². The third-order valence-corrected chi connectivity index (χ3v) is 5.63. The van der Waals surface area contributed by atoms with Gasteiger partial charge in [0.05, 0.1) is 11.9 Å². The van der Waals surface area contributed by atoms with Crippen LogP contribution in [-0.4, -0.2) is 53.6 Å². The van der Waals surface area contributed by atoms with Crippen LogP contribution in [0.5, 0.6) is 5.75 Å². The SMILES string of the molecule is O=C1C=Nc2cccc(OC[C@]3(O)CCN(c4c(F)cc(Cl)cc4F)C[C@H]3O)c2C1. The van der Waals surface area contributed by atoms with Crippen molar-refractivity contribution in [3.05, 3.63) is 52.6 Å². The van der Waals surface area contributed by atoms with Gasteiger partial charge in [-0.05, 0) is 30.7 Å². The Morgan fingerprint density at radius 3 is 2.73 bits per heavy atom. The monoisotopic (exact) mass is 436 g/mol. The van der Waals surface area contributed by atoms with E-state index in [0.717, 1.165) is 12.1 Å². The molecule has 6 nitrogen and oxygen atoms in total. The van der Waals surface area contributed by atoms with Crippen LogP contribution in [0.3, 0.4) is 0 Å². The lowest BCUT2D eigenvalue weighted by molar-refractivity contribution is -0.112. The van der Waals surface area contributed by atoms with Crippen LogP contribution in [0.1, 0.15) is 12.0 Å². The van der Waals surface area contributed by atoms with E-state index in [1.54, 1.807) is 18.2 Å². The maximum Gasteiger partial charge on any atom is 0.178 e. The predicted molar refractivity (Wildman–Crippen MR) is 108 cm³/mol. The van der Waals surface area contributed by atoms with E-state index in [4.69, 9.17) is 16.3 Å². The number of aliphatic hydroxyl groups excluding tert-OH is 1. The summed E-state index contributed by atoms with van der Waals surface area (Å²) in [7, 11) is 0. The van der Waals surface area contributed by atoms with Gasteiger partial charge in [0, 0.05) is 30.1 Å². The van der Waals surface area contributed by atoms with Crippen LogP contribution in [0, 0.1) is 11.6 Å². The van der Waals surface area contributed by atoms with Crippen LogP contribution in [0.15, 0.2) is 35.3 Å². The van der Waals surface area contributed by atoms with Crippen LogP contribution >= 0.6 is 11.6 Å². The molecule has 0 spiro atoms. The molecule has 2 aliphatic heterocycles. The molecule has 0 radical (unpaired) electrons. The molecule has 30 heavy (non-hydrogen) atoms. The molecule has 2 atom stereocenters. The van der Waals surface area contributed by atoms with E-state index in [2.05, 4.69) is 4.99 Å². The van der Waals surface area contributed by atoms with Gasteiger partial charge in [-0.15, -0.1) is 0 Å². The fourth-order valence-corrected chi connectivity index (χ4v) is 3.92. The molecule has 2 aromatic carbocycles. The number of carbonyl (C=O) groups excluding carboxylic acids is 1. The zero-order chi connectivity index (χ0) is 21.5. The summed E-state index contributed by atoms with van der Waals surface area (Å²) in [5.41, 5.74) is -0.690. The number of aliphatic hydroxyl groups is 2. The number of halogens is 3. The second-order valence-corrected chi connectivity index (χ2v) is 7.91. The Balaban J connectivity index is 1.48. The van der Waals surface area contributed by atoms with Gasteiger partial charge in [0.1, 0.15) is 29.7 Å². The smallest absolute Gasteiger partial charge is 0.178 e. The molecular weight excluding hydrogens is 418 g/mol. The van der Waals surface area contributed by atoms with Crippen molar-refractivity contribution in [2.45, 2.75) is 24.5 Å². The number of piperidine rings is 1. The molecule has 9 heteroatoms. The van der Waals surface area contributed by atoms with Gasteiger partial charge in [-0.1, -0.05) is 17.7 Å². The first-order valence-corrected chi connectivity index (χ1v) is 9.76. The minimum atomic E-state index is -1.62. The van der Waals surface area contributed by atoms with Crippen molar-refractivity contribution >= 4 is 35.0 Å². The topological polar surface area (TPSA) is 82.4 Å². The number of β-amino-alcohol motifs (C(OH)–C–C–N with tert-alkyl or cyclic N) is 1. The quantitative estimate of drug-likeness (QED) is 0.770. The summed E-state index contributed by atoms with van der Waals surface area (Å²) in [6.45, 7) is -0.338. The van der Waals surface area contributed by atoms with Gasteiger partial charge in [0.2, 0.25) is 0 Å². The summed E-state index contributed by atoms with van der Waals surface area (Å²) in [5.74, 6) is -1.43. The van der Waals surface area contributed by atoms with E-state index in [0.29, 0.717) is 17.0 Å². The largest absolute Gasteiger partial charge is 0.490 e. The fourth-order valence-electron chi connectivity index (χ4n) is 3.73. The van der Waals surface area contributed by atoms with Crippen molar-refractivity contribution < 1.29 is 28.5 Å². The number of nitrogens with zero attached hydrogens (tertiary/aromatic N) is 2. The zero-order valence-electron chi connectivity index (χ0n) is 15.8. The van der Waals surface area contributed by atoms with Crippen LogP contribution in [0.2, 0.25) is 5.02 Å². The number of benzene rings is 2. The second-order valence-electron chi connectivity index (χ2n) is 7.48. The Bertz CT molecular complexity index is 1010. The van der Waals surface area contributed by atoms with Gasteiger partial charge in [0.25, 0.3) is 0 Å². The lowest BCUT2D eigenvalue weighted by atomic mass is 9.89. The van der Waals surface area contributed by atoms with Crippen molar-refractivity contribution in [2.24, 2.45) is 4.99 Å². The summed E-state index contributed by atoms with van der Waals surface area (Å²) in [4.78, 5) is 17.1. The third kappa shape index (κ3) is 3.90. The molecule has 2 heterocycles. The van der Waals surface area contributed by atoms with Gasteiger partial charge < -0.3 is 19.8 Å². The normalized spacial score (nSPS) is 23.4. The molecular formula is C21H19ClF2N2O4. The van der Waals surface area contributed by atoms with Crippen molar-refractivity contribution in [1.82, 2.24) is 0 Å². The molecule has 1 fully saturated rings. The van der Waals surface area contributed by atoms with Gasteiger partial charge >= 0.3 is 0 Å². The molecule has 1 saturated heterocycles. The molecule has 2 aliphatic rings. The number of hydrogen-bond donors (Lipinski definition) is 2. The number of Topliss-reactive ketones (excluding diaryl/α,β-unsaturated/α-hetero) is 1. The Morgan fingerprint density at radius 1 is 1.30 bits per heavy atom. The van der Waals surface area contributed by atoms with E-state index < -0.39 is 23.3 Å². The molecule has 0 aliphatic carbocycles. The highest BCUT2D eigenvalue weighted by Gasteiger charge is 2.42. The Morgan fingerprint density at radius 2 is 2.03 bits per heavy atom. The molecule has 0 bridgehead atoms. The van der Waals surface area contributed by atoms with E-state index in [1.807, 2.05) is 0 Å². The van der Waals surface area contributed by atoms with E-state index in [-0.39, 0.29) is 49.0 Å². The molecule has 2 aromatic rings. The number of carbonyl (C=O) groups is 1. The number of fused-ring (bicyclic) bond motifs is 1. The summed E-state index contributed by atoms with van der Waals surface area (Å²) in [6, 6.07) is 7.13. The third-order valence-electron chi connectivity index (χ3n) is 5.41. The van der Waals surface area contributed by atoms with Crippen molar-refractivity contribution in [1.29, 1.82) is 0 Å². The zero-order valence-corrected chi connectivity index (χ0v) is 16.6. The summed E-state index contributed by atoms with van der Waals surface area (Å²) in [5, 5.41) is 21.4. The Kier molecular flexibility index (Phi) is 5.48. The standard InChI is InChI=1S/C21H19ClF2N2O4/c22-12-6-15(23)20(16(24)7-12)26-5-4-21(29,19(28)10-26)11-30-18-3-1-2-17-14(18)8-13(27)9-25-17/h1-3,6-7,9,19,28-29H,4-5,8,10-11H2/t19-,21-/m1/s1. The van der Waals surface area contributed by atoms with E-state index in [1.165, 1.54) is 11.1 Å². The molecule has 0 saturated carbocycles. The summed E-state index contributed by atoms with van der Waals surface area (Å²) >= 11 is 5.66. The number of ketones is 1. The number of ether oxygens (including phenoxy) is 1. The molecule has 0 aromatic heterocycles. The van der Waals surface area contributed by atoms with Crippen LogP contribution in [-0.2, 0) is 11.2 Å². The van der Waals surface area contributed by atoms with Gasteiger partial charge in [-0.25, -0.2) is 8.78 Å². The number of hydrogen-bond acceptors (Lipinski definition) is 6. The fraction of sp³-hybridized carbons (Fsp3) is 0.333. The second kappa shape index (κ2) is 7.94. The molecule has 2 N–H and O–H groups in total. The van der Waals surface area contributed by atoms with Crippen LogP contribution in [0.25, 0.3) is 0 Å². The van der Waals surface area contributed by atoms with Crippen LogP contribution in [0.4, 0.5) is 20.2 Å². The first kappa shape index (κ1) is 20.7. The Hall–Kier alpha value is -2.55. The van der Waals surface area contributed by atoms with E-state index in [9.17, 15) is 23.8 Å². The molecule has 4 rings (SSSR count). The molecule has 0 amide bonds. The lowest BCUT2D eigenvalue weighted by Crippen LogP contribution is -2.58. The predicted octanol–water partition coefficient (Wildman–Crippen LogP) is 2.83. The van der Waals surface area contributed by atoms with Crippen molar-refractivity contribution in [3.63, 3.8) is 0 Å². The first-order valence-electron chi connectivity index (χ1n) is 9.38. The lowest BCUT2D eigenvalue weighted by Gasteiger charge is -2.42. The minimum absolute atomic E-state index is 0.0157. The highest BCUT2D eigenvalue weighted by atomic mass is 35.5. The average molecular weight is 437 g/mol. The van der Waals surface area contributed by atoms with Crippen molar-refractivity contribution in [3.8, 4) is 5.75 Å². The van der Waals surface area contributed by atoms with E-state index >= 15 is 0 Å². The average Bonchev–Trinajstić information content (AvgIpc) is 2.68. The number of anilines is 1. The van der Waals surface area contributed by atoms with Gasteiger partial charge in [-0.2, -0.15) is 0 Å².